The lowest BCUT2D eigenvalue weighted by Crippen LogP contribution is -2.01. The van der Waals surface area contributed by atoms with Crippen molar-refractivity contribution in [1.29, 1.82) is 0 Å². The number of carbonyl (C=O) groups excluding carboxylic acids is 1. The van der Waals surface area contributed by atoms with Gasteiger partial charge in [0.15, 0.2) is 0 Å². The van der Waals surface area contributed by atoms with Gasteiger partial charge in [-0.05, 0) is 0 Å². The molecule has 0 amide bonds. The Morgan fingerprint density at radius 2 is 2.36 bits per heavy atom. The fraction of sp³-hybridized carbons (Fsp3) is 0.222. The van der Waals surface area contributed by atoms with Crippen LogP contribution >= 0.6 is 0 Å². The van der Waals surface area contributed by atoms with Gasteiger partial charge in [0.1, 0.15) is 12.9 Å². The summed E-state index contributed by atoms with van der Waals surface area (Å²) >= 11 is 0. The first-order valence-electron chi connectivity index (χ1n) is 4.17. The van der Waals surface area contributed by atoms with Gasteiger partial charge < -0.3 is 9.72 Å². The number of fused-ring (bicyclic) bond motifs is 1. The molecule has 72 valence electrons. The number of carbonyl (C=O) groups is 1. The van der Waals surface area contributed by atoms with E-state index in [0.717, 1.165) is 10.9 Å². The maximum absolute atomic E-state index is 10.6. The summed E-state index contributed by atoms with van der Waals surface area (Å²) in [6, 6.07) is 0. The van der Waals surface area contributed by atoms with E-state index < -0.39 is 0 Å². The Morgan fingerprint density at radius 3 is 3.14 bits per heavy atom. The lowest BCUT2D eigenvalue weighted by Gasteiger charge is -2.01. The molecule has 0 aliphatic rings. The van der Waals surface area contributed by atoms with E-state index in [1.807, 2.05) is 0 Å². The first-order valence-corrected chi connectivity index (χ1v) is 4.17. The average molecular weight is 191 g/mol. The van der Waals surface area contributed by atoms with Crippen molar-refractivity contribution in [3.63, 3.8) is 0 Å². The second kappa shape index (κ2) is 3.45. The molecule has 0 atom stereocenters. The van der Waals surface area contributed by atoms with E-state index in [1.54, 1.807) is 12.4 Å². The Bertz CT molecular complexity index is 464. The monoisotopic (exact) mass is 191 g/mol. The van der Waals surface area contributed by atoms with Crippen LogP contribution in [0.1, 0.15) is 12.6 Å². The highest BCUT2D eigenvalue weighted by Crippen LogP contribution is 2.13. The Labute approximate surface area is 80.1 Å². The minimum absolute atomic E-state index is 0.187. The van der Waals surface area contributed by atoms with E-state index in [-0.39, 0.29) is 12.6 Å². The van der Waals surface area contributed by atoms with E-state index in [0.29, 0.717) is 5.69 Å². The SMILES string of the molecule is CC(=O)OCc1ncnc2c[nH]cc12. The second-order valence-corrected chi connectivity index (χ2v) is 2.85. The number of nitrogens with zero attached hydrogens (tertiary/aromatic N) is 2. The van der Waals surface area contributed by atoms with Crippen molar-refractivity contribution >= 4 is 16.9 Å². The molecule has 0 aliphatic carbocycles. The van der Waals surface area contributed by atoms with Crippen LogP contribution in [0, 0.1) is 0 Å². The summed E-state index contributed by atoms with van der Waals surface area (Å²) in [6.07, 6.45) is 5.01. The zero-order valence-corrected chi connectivity index (χ0v) is 7.65. The van der Waals surface area contributed by atoms with Crippen molar-refractivity contribution < 1.29 is 9.53 Å². The van der Waals surface area contributed by atoms with E-state index in [1.165, 1.54) is 13.3 Å². The minimum atomic E-state index is -0.313. The second-order valence-electron chi connectivity index (χ2n) is 2.85. The van der Waals surface area contributed by atoms with Crippen LogP contribution in [0.3, 0.4) is 0 Å². The Morgan fingerprint density at radius 1 is 1.50 bits per heavy atom. The van der Waals surface area contributed by atoms with Crippen LogP contribution in [0.15, 0.2) is 18.7 Å². The number of H-pyrrole nitrogens is 1. The van der Waals surface area contributed by atoms with Gasteiger partial charge in [0.2, 0.25) is 0 Å². The molecule has 2 rings (SSSR count). The van der Waals surface area contributed by atoms with Gasteiger partial charge in [0, 0.05) is 24.7 Å². The zero-order valence-electron chi connectivity index (χ0n) is 7.65. The molecule has 0 saturated carbocycles. The molecule has 0 bridgehead atoms. The summed E-state index contributed by atoms with van der Waals surface area (Å²) in [5, 5.41) is 0.883. The third-order valence-corrected chi connectivity index (χ3v) is 1.86. The Hall–Kier alpha value is -1.91. The third-order valence-electron chi connectivity index (χ3n) is 1.86. The highest BCUT2D eigenvalue weighted by atomic mass is 16.5. The van der Waals surface area contributed by atoms with Crippen LogP contribution in [-0.4, -0.2) is 20.9 Å². The van der Waals surface area contributed by atoms with Gasteiger partial charge >= 0.3 is 5.97 Å². The highest BCUT2D eigenvalue weighted by molar-refractivity contribution is 5.80. The number of rotatable bonds is 2. The molecular weight excluding hydrogens is 182 g/mol. The number of nitrogens with one attached hydrogen (secondary N) is 1. The van der Waals surface area contributed by atoms with Gasteiger partial charge in [-0.15, -0.1) is 0 Å². The lowest BCUT2D eigenvalue weighted by atomic mass is 10.3. The zero-order chi connectivity index (χ0) is 9.97. The van der Waals surface area contributed by atoms with Gasteiger partial charge in [-0.2, -0.15) is 0 Å². The predicted octanol–water partition coefficient (Wildman–Crippen LogP) is 1.02. The van der Waals surface area contributed by atoms with Gasteiger partial charge in [-0.25, -0.2) is 9.97 Å². The number of esters is 1. The van der Waals surface area contributed by atoms with Crippen LogP contribution < -0.4 is 0 Å². The molecule has 2 aromatic heterocycles. The molecular formula is C9H9N3O2. The topological polar surface area (TPSA) is 67.9 Å². The number of aromatic amines is 1. The van der Waals surface area contributed by atoms with Crippen molar-refractivity contribution in [3.05, 3.63) is 24.4 Å². The molecule has 0 aromatic carbocycles. The summed E-state index contributed by atoms with van der Waals surface area (Å²) in [5.41, 5.74) is 1.54. The van der Waals surface area contributed by atoms with Gasteiger partial charge in [0.25, 0.3) is 0 Å². The molecule has 1 N–H and O–H groups in total. The molecule has 0 fully saturated rings. The molecule has 0 radical (unpaired) electrons. The largest absolute Gasteiger partial charge is 0.459 e. The molecule has 0 aliphatic heterocycles. The maximum Gasteiger partial charge on any atom is 0.303 e. The molecule has 2 heterocycles. The van der Waals surface area contributed by atoms with Crippen molar-refractivity contribution in [2.24, 2.45) is 0 Å². The van der Waals surface area contributed by atoms with Crippen molar-refractivity contribution in [3.8, 4) is 0 Å². The van der Waals surface area contributed by atoms with Crippen LogP contribution in [-0.2, 0) is 16.1 Å². The standard InChI is InChI=1S/C9H9N3O2/c1-6(13)14-4-9-7-2-10-3-8(7)11-5-12-9/h2-3,5,10H,4H2,1H3. The van der Waals surface area contributed by atoms with E-state index in [4.69, 9.17) is 4.74 Å². The van der Waals surface area contributed by atoms with E-state index in [2.05, 4.69) is 15.0 Å². The van der Waals surface area contributed by atoms with Crippen molar-refractivity contribution in [2.75, 3.05) is 0 Å². The fourth-order valence-corrected chi connectivity index (χ4v) is 1.21. The highest BCUT2D eigenvalue weighted by Gasteiger charge is 2.05. The first kappa shape index (κ1) is 8.68. The van der Waals surface area contributed by atoms with E-state index >= 15 is 0 Å². The number of aromatic nitrogens is 3. The molecule has 5 nitrogen and oxygen atoms in total. The average Bonchev–Trinajstić information content (AvgIpc) is 2.62. The molecule has 0 saturated heterocycles. The summed E-state index contributed by atoms with van der Waals surface area (Å²) in [4.78, 5) is 21.6. The van der Waals surface area contributed by atoms with Crippen molar-refractivity contribution in [1.82, 2.24) is 15.0 Å². The van der Waals surface area contributed by atoms with Crippen LogP contribution in [0.25, 0.3) is 10.9 Å². The normalized spacial score (nSPS) is 10.4. The van der Waals surface area contributed by atoms with E-state index in [9.17, 15) is 4.79 Å². The molecule has 2 aromatic rings. The molecule has 5 heteroatoms. The minimum Gasteiger partial charge on any atom is -0.459 e. The fourth-order valence-electron chi connectivity index (χ4n) is 1.21. The van der Waals surface area contributed by atoms with Crippen LogP contribution in [0.4, 0.5) is 0 Å². The molecule has 0 spiro atoms. The predicted molar refractivity (Wildman–Crippen MR) is 49.4 cm³/mol. The Balaban J connectivity index is 2.32. The van der Waals surface area contributed by atoms with Gasteiger partial charge in [-0.1, -0.05) is 0 Å². The van der Waals surface area contributed by atoms with Gasteiger partial charge in [-0.3, -0.25) is 4.79 Å². The number of hydrogen-bond acceptors (Lipinski definition) is 4. The summed E-state index contributed by atoms with van der Waals surface area (Å²) < 4.78 is 4.86. The quantitative estimate of drug-likeness (QED) is 0.719. The Kier molecular flexibility index (Phi) is 2.14. The summed E-state index contributed by atoms with van der Waals surface area (Å²) in [7, 11) is 0. The number of hydrogen-bond donors (Lipinski definition) is 1. The lowest BCUT2D eigenvalue weighted by molar-refractivity contribution is -0.142. The van der Waals surface area contributed by atoms with Crippen molar-refractivity contribution in [2.45, 2.75) is 13.5 Å². The summed E-state index contributed by atoms with van der Waals surface area (Å²) in [6.45, 7) is 1.56. The number of ether oxygens (including phenoxy) is 1. The molecule has 0 unspecified atom stereocenters. The molecule has 14 heavy (non-hydrogen) atoms. The van der Waals surface area contributed by atoms with Crippen LogP contribution in [0.5, 0.6) is 0 Å². The smallest absolute Gasteiger partial charge is 0.303 e. The third kappa shape index (κ3) is 1.56. The first-order chi connectivity index (χ1) is 6.77. The van der Waals surface area contributed by atoms with Gasteiger partial charge in [0.05, 0.1) is 11.2 Å². The summed E-state index contributed by atoms with van der Waals surface area (Å²) in [5.74, 6) is -0.313. The maximum atomic E-state index is 10.6. The van der Waals surface area contributed by atoms with Crippen LogP contribution in [0.2, 0.25) is 0 Å².